The molecule has 4 aromatic carbocycles. The number of anilines is 2. The lowest BCUT2D eigenvalue weighted by Gasteiger charge is -2.15. The number of fused-ring (bicyclic) bond motifs is 2. The molecule has 0 saturated carbocycles. The highest BCUT2D eigenvalue weighted by Crippen LogP contribution is 2.39. The van der Waals surface area contributed by atoms with E-state index in [9.17, 15) is 36.0 Å². The molecule has 61 heavy (non-hydrogen) atoms. The van der Waals surface area contributed by atoms with Crippen molar-refractivity contribution >= 4 is 88.4 Å². The van der Waals surface area contributed by atoms with Crippen LogP contribution in [-0.4, -0.2) is 78.1 Å². The third-order valence-corrected chi connectivity index (χ3v) is 12.6. The minimum absolute atomic E-state index is 0.0933. The van der Waals surface area contributed by atoms with Crippen LogP contribution in [0.1, 0.15) is 33.4 Å². The molecule has 0 aliphatic heterocycles. The van der Waals surface area contributed by atoms with Crippen molar-refractivity contribution in [1.82, 2.24) is 9.80 Å². The van der Waals surface area contributed by atoms with Crippen LogP contribution in [0.5, 0.6) is 11.5 Å². The van der Waals surface area contributed by atoms with Gasteiger partial charge in [0, 0.05) is 86.4 Å². The number of sulfonamides is 2. The van der Waals surface area contributed by atoms with E-state index in [1.165, 1.54) is 62.3 Å². The number of nitrogens with zero attached hydrogens (tertiary/aromatic N) is 2. The monoisotopic (exact) mass is 910 g/mol. The normalized spacial score (nSPS) is 11.7. The van der Waals surface area contributed by atoms with Crippen LogP contribution in [0.2, 0.25) is 10.0 Å². The van der Waals surface area contributed by atoms with Gasteiger partial charge in [-0.05, 0) is 72.5 Å². The summed E-state index contributed by atoms with van der Waals surface area (Å²) < 4.78 is 72.6. The zero-order valence-corrected chi connectivity index (χ0v) is 36.9. The first-order valence-electron chi connectivity index (χ1n) is 18.4. The van der Waals surface area contributed by atoms with Gasteiger partial charge in [-0.3, -0.25) is 19.0 Å². The van der Waals surface area contributed by atoms with Crippen LogP contribution in [0.4, 0.5) is 11.4 Å². The van der Waals surface area contributed by atoms with Gasteiger partial charge in [0.25, 0.3) is 0 Å². The number of hydrogen-bond acceptors (Lipinski definition) is 11. The summed E-state index contributed by atoms with van der Waals surface area (Å²) in [5, 5.41) is 1.34. The van der Waals surface area contributed by atoms with Gasteiger partial charge in [-0.25, -0.2) is 26.4 Å². The van der Waals surface area contributed by atoms with E-state index in [-0.39, 0.29) is 56.9 Å². The number of ether oxygens (including phenoxy) is 1. The van der Waals surface area contributed by atoms with E-state index in [0.29, 0.717) is 44.2 Å². The molecule has 6 rings (SSSR count). The summed E-state index contributed by atoms with van der Waals surface area (Å²) in [4.78, 5) is 53.0. The van der Waals surface area contributed by atoms with Crippen LogP contribution in [0.15, 0.2) is 91.2 Å². The number of carbonyl (C=O) groups excluding carboxylic acids is 2. The van der Waals surface area contributed by atoms with E-state index >= 15 is 0 Å². The molecule has 0 bridgehead atoms. The van der Waals surface area contributed by atoms with Crippen molar-refractivity contribution in [2.45, 2.75) is 26.7 Å². The smallest absolute Gasteiger partial charge is 0.340 e. The quantitative estimate of drug-likeness (QED) is 0.114. The van der Waals surface area contributed by atoms with Gasteiger partial charge in [-0.1, -0.05) is 47.5 Å². The highest BCUT2D eigenvalue weighted by Gasteiger charge is 2.22. The molecule has 0 aliphatic carbocycles. The number of carbonyl (C=O) groups is 2. The van der Waals surface area contributed by atoms with Gasteiger partial charge in [0.2, 0.25) is 31.9 Å². The number of nitrogens with one attached hydrogen (secondary N) is 2. The van der Waals surface area contributed by atoms with Crippen molar-refractivity contribution < 1.29 is 40.0 Å². The maximum absolute atomic E-state index is 13.3. The third-order valence-electron chi connectivity index (χ3n) is 9.69. The summed E-state index contributed by atoms with van der Waals surface area (Å²) in [6, 6.07) is 18.9. The number of aryl methyl sites for hydroxylation is 2. The highest BCUT2D eigenvalue weighted by molar-refractivity contribution is 7.93. The maximum Gasteiger partial charge on any atom is 0.340 e. The average Bonchev–Trinajstić information content (AvgIpc) is 3.16. The van der Waals surface area contributed by atoms with Crippen LogP contribution in [-0.2, 0) is 42.5 Å². The molecule has 2 aromatic heterocycles. The van der Waals surface area contributed by atoms with Crippen LogP contribution < -0.4 is 25.4 Å². The van der Waals surface area contributed by atoms with Gasteiger partial charge in [0.1, 0.15) is 34.2 Å². The predicted molar refractivity (Wildman–Crippen MR) is 235 cm³/mol. The summed E-state index contributed by atoms with van der Waals surface area (Å²) in [6.07, 6.45) is 0.194. The van der Waals surface area contributed by atoms with E-state index in [1.807, 2.05) is 0 Å². The lowest BCUT2D eigenvalue weighted by Crippen LogP contribution is -2.32. The lowest BCUT2D eigenvalue weighted by molar-refractivity contribution is -0.126. The molecule has 0 unspecified atom stereocenters. The molecule has 0 aliphatic rings. The fourth-order valence-corrected chi connectivity index (χ4v) is 9.06. The summed E-state index contributed by atoms with van der Waals surface area (Å²) in [5.41, 5.74) is 2.48. The van der Waals surface area contributed by atoms with Crippen molar-refractivity contribution in [3.05, 3.63) is 137 Å². The van der Waals surface area contributed by atoms with Crippen molar-refractivity contribution in [3.8, 4) is 11.5 Å². The van der Waals surface area contributed by atoms with E-state index in [0.717, 1.165) is 0 Å². The Morgan fingerprint density at radius 1 is 0.623 bits per heavy atom. The molecule has 2 amide bonds. The maximum atomic E-state index is 13.3. The average molecular weight is 912 g/mol. The molecule has 0 atom stereocenters. The SMILES string of the molecule is Cc1c(Cc2cccc(NS(=O)(=O)CC(=O)N(C)C)c2)c(=O)oc2cc(Oc3cc4oc(=O)c(Cc5cccc(NS(=O)(=O)CC(=O)N(C)C)c5)c(C)c4cc3Cl)c(Cl)cc12. The molecule has 2 N–H and O–H groups in total. The zero-order valence-electron chi connectivity index (χ0n) is 33.7. The Kier molecular flexibility index (Phi) is 12.9. The van der Waals surface area contributed by atoms with Gasteiger partial charge < -0.3 is 23.4 Å². The zero-order chi connectivity index (χ0) is 44.6. The summed E-state index contributed by atoms with van der Waals surface area (Å²) in [7, 11) is -2.13. The number of amides is 2. The van der Waals surface area contributed by atoms with Gasteiger partial charge in [-0.15, -0.1) is 0 Å². The Bertz CT molecular complexity index is 2890. The summed E-state index contributed by atoms with van der Waals surface area (Å²) in [5.74, 6) is -2.44. The molecular formula is C42H40Cl2N4O11S2. The van der Waals surface area contributed by atoms with E-state index in [1.54, 1.807) is 62.4 Å². The lowest BCUT2D eigenvalue weighted by atomic mass is 9.99. The molecule has 2 heterocycles. The Morgan fingerprint density at radius 3 is 1.36 bits per heavy atom. The van der Waals surface area contributed by atoms with Gasteiger partial charge in [0.05, 0.1) is 10.0 Å². The fraction of sp³-hybridized carbons (Fsp3) is 0.238. The molecule has 19 heteroatoms. The standard InChI is InChI=1S/C42H40Cl2N4O11S2/c1-23-29-17-33(43)37(19-35(29)58-41(51)31(23)15-25-9-7-11-27(13-25)45-60(53,54)21-39(49)47(3)4)57-38-20-36-30(18-34(38)44)24(2)32(42(52)59-36)16-26-10-8-12-28(14-26)46-61(55,56)22-40(50)48(5)6/h7-14,17-20,45-46H,15-16,21-22H2,1-6H3. The van der Waals surface area contributed by atoms with Gasteiger partial charge in [0.15, 0.2) is 0 Å². The second kappa shape index (κ2) is 17.6. The number of hydrogen-bond donors (Lipinski definition) is 2. The second-order valence-electron chi connectivity index (χ2n) is 14.7. The third kappa shape index (κ3) is 10.5. The van der Waals surface area contributed by atoms with Crippen LogP contribution in [0, 0.1) is 13.8 Å². The second-order valence-corrected chi connectivity index (χ2v) is 19.0. The first-order chi connectivity index (χ1) is 28.6. The van der Waals surface area contributed by atoms with Crippen LogP contribution in [0.3, 0.4) is 0 Å². The molecule has 320 valence electrons. The minimum Gasteiger partial charge on any atom is -0.454 e. The van der Waals surface area contributed by atoms with Crippen LogP contribution >= 0.6 is 23.2 Å². The Morgan fingerprint density at radius 2 is 1.00 bits per heavy atom. The van der Waals surface area contributed by atoms with Gasteiger partial charge >= 0.3 is 11.3 Å². The molecule has 0 radical (unpaired) electrons. The Balaban J connectivity index is 1.23. The Labute approximate surface area is 360 Å². The summed E-state index contributed by atoms with van der Waals surface area (Å²) in [6.45, 7) is 3.47. The van der Waals surface area contributed by atoms with E-state index in [4.69, 9.17) is 36.8 Å². The topological polar surface area (TPSA) is 203 Å². The molecule has 0 saturated heterocycles. The largest absolute Gasteiger partial charge is 0.454 e. The molecule has 6 aromatic rings. The van der Waals surface area contributed by atoms with Crippen molar-refractivity contribution in [2.24, 2.45) is 0 Å². The van der Waals surface area contributed by atoms with Crippen molar-refractivity contribution in [1.29, 1.82) is 0 Å². The fourth-order valence-electron chi connectivity index (χ4n) is 6.38. The van der Waals surface area contributed by atoms with E-state index in [2.05, 4.69) is 9.44 Å². The van der Waals surface area contributed by atoms with Crippen molar-refractivity contribution in [2.75, 3.05) is 49.1 Å². The Hall–Kier alpha value is -5.88. The number of halogens is 2. The molecule has 0 fully saturated rings. The molecular weight excluding hydrogens is 872 g/mol. The first kappa shape index (κ1) is 44.7. The molecule has 0 spiro atoms. The number of benzene rings is 4. The van der Waals surface area contributed by atoms with Crippen LogP contribution in [0.25, 0.3) is 21.9 Å². The molecule has 15 nitrogen and oxygen atoms in total. The summed E-state index contributed by atoms with van der Waals surface area (Å²) >= 11 is 13.4. The minimum atomic E-state index is -3.98. The van der Waals surface area contributed by atoms with E-state index < -0.39 is 54.6 Å². The van der Waals surface area contributed by atoms with Gasteiger partial charge in [-0.2, -0.15) is 0 Å². The highest BCUT2D eigenvalue weighted by atomic mass is 35.5. The predicted octanol–water partition coefficient (Wildman–Crippen LogP) is 6.46. The number of rotatable bonds is 14. The van der Waals surface area contributed by atoms with Crippen molar-refractivity contribution in [3.63, 3.8) is 0 Å². The first-order valence-corrected chi connectivity index (χ1v) is 22.4.